The average molecular weight is 416 g/mol. The van der Waals surface area contributed by atoms with Gasteiger partial charge in [-0.2, -0.15) is 0 Å². The Bertz CT molecular complexity index is 839. The third kappa shape index (κ3) is 5.58. The minimum Gasteiger partial charge on any atom is -0.508 e. The van der Waals surface area contributed by atoms with Gasteiger partial charge in [0.1, 0.15) is 24.7 Å². The third-order valence-corrected chi connectivity index (χ3v) is 6.16. The van der Waals surface area contributed by atoms with Gasteiger partial charge in [-0.1, -0.05) is 21.6 Å². The van der Waals surface area contributed by atoms with Crippen molar-refractivity contribution in [3.05, 3.63) is 81.6 Å². The first-order valence-electron chi connectivity index (χ1n) is 8.18. The van der Waals surface area contributed by atoms with Gasteiger partial charge in [-0.05, 0) is 60.7 Å². The summed E-state index contributed by atoms with van der Waals surface area (Å²) in [5.74, 6) is -0.766. The van der Waals surface area contributed by atoms with Gasteiger partial charge >= 0.3 is 11.9 Å². The number of carbonyl (C=O) groups is 2. The molecule has 0 fully saturated rings. The smallest absolute Gasteiger partial charge is 0.338 e. The van der Waals surface area contributed by atoms with E-state index in [0.717, 1.165) is 9.81 Å². The number of phenols is 2. The molecule has 0 atom stereocenters. The molecular weight excluding hydrogens is 400 g/mol. The quantitative estimate of drug-likeness (QED) is 0.533. The number of hydrogen-bond donors (Lipinski definition) is 2. The van der Waals surface area contributed by atoms with Crippen LogP contribution in [0.1, 0.15) is 20.7 Å². The minimum absolute atomic E-state index is 0.0854. The zero-order valence-electron chi connectivity index (χ0n) is 14.5. The molecule has 0 saturated carbocycles. The van der Waals surface area contributed by atoms with Gasteiger partial charge in [-0.25, -0.2) is 9.59 Å². The van der Waals surface area contributed by atoms with Crippen LogP contribution >= 0.6 is 21.6 Å². The summed E-state index contributed by atoms with van der Waals surface area (Å²) in [5, 5.41) is 18.5. The summed E-state index contributed by atoms with van der Waals surface area (Å²) in [6.45, 7) is 0.267. The molecule has 0 bridgehead atoms. The van der Waals surface area contributed by atoms with Crippen LogP contribution in [0.15, 0.2) is 70.5 Å². The van der Waals surface area contributed by atoms with Crippen molar-refractivity contribution in [1.29, 1.82) is 0 Å². The van der Waals surface area contributed by atoms with Crippen molar-refractivity contribution < 1.29 is 29.3 Å². The first-order chi connectivity index (χ1) is 13.5. The Morgan fingerprint density at radius 1 is 0.679 bits per heavy atom. The highest BCUT2D eigenvalue weighted by molar-refractivity contribution is 8.79. The molecule has 0 unspecified atom stereocenters. The fraction of sp³-hybridized carbons (Fsp3) is 0.100. The molecule has 1 heterocycles. The zero-order chi connectivity index (χ0) is 19.9. The summed E-state index contributed by atoms with van der Waals surface area (Å²) in [7, 11) is 2.86. The molecule has 1 aliphatic heterocycles. The molecule has 0 spiro atoms. The molecule has 3 rings (SSSR count). The van der Waals surface area contributed by atoms with Crippen LogP contribution in [0, 0.1) is 0 Å². The molecule has 0 saturated heterocycles. The molecule has 0 amide bonds. The summed E-state index contributed by atoms with van der Waals surface area (Å²) < 4.78 is 10.5. The van der Waals surface area contributed by atoms with Crippen molar-refractivity contribution in [3.63, 3.8) is 0 Å². The largest absolute Gasteiger partial charge is 0.508 e. The highest BCUT2D eigenvalue weighted by atomic mass is 33.1. The molecule has 0 radical (unpaired) electrons. The van der Waals surface area contributed by atoms with E-state index in [1.54, 1.807) is 0 Å². The Hall–Kier alpha value is -2.84. The maximum absolute atomic E-state index is 12.0. The van der Waals surface area contributed by atoms with Crippen LogP contribution in [-0.2, 0) is 9.47 Å². The topological polar surface area (TPSA) is 93.1 Å². The van der Waals surface area contributed by atoms with Gasteiger partial charge in [-0.3, -0.25) is 0 Å². The van der Waals surface area contributed by atoms with Gasteiger partial charge in [0, 0.05) is 9.81 Å². The summed E-state index contributed by atoms with van der Waals surface area (Å²) in [4.78, 5) is 25.6. The van der Waals surface area contributed by atoms with Crippen LogP contribution in [0.5, 0.6) is 11.5 Å². The lowest BCUT2D eigenvalue weighted by Gasteiger charge is -2.14. The number of carbonyl (C=O) groups excluding carboxylic acids is 2. The molecule has 2 N–H and O–H groups in total. The van der Waals surface area contributed by atoms with Crippen molar-refractivity contribution >= 4 is 33.5 Å². The number of phenolic OH excluding ortho intramolecular Hbond substituents is 2. The Balaban J connectivity index is 1.47. The maximum Gasteiger partial charge on any atom is 0.338 e. The van der Waals surface area contributed by atoms with E-state index in [2.05, 4.69) is 0 Å². The molecule has 0 aliphatic carbocycles. The van der Waals surface area contributed by atoms with Crippen LogP contribution in [-0.4, -0.2) is 35.4 Å². The normalized spacial score (nSPS) is 13.3. The van der Waals surface area contributed by atoms with E-state index in [4.69, 9.17) is 9.47 Å². The molecule has 0 aromatic heterocycles. The Labute approximate surface area is 169 Å². The minimum atomic E-state index is -0.468. The molecule has 2 aromatic carbocycles. The van der Waals surface area contributed by atoms with E-state index in [0.29, 0.717) is 11.1 Å². The number of esters is 2. The Morgan fingerprint density at radius 3 is 1.36 bits per heavy atom. The standard InChI is InChI=1S/C20H16O6S2/c21-15-5-1-13(2-6-15)19(23)25-11-17-9-10-18(28-27-17)12-26-20(24)14-3-7-16(22)8-4-14/h1-10,21-22H,11-12H2. The average Bonchev–Trinajstić information content (AvgIpc) is 2.72. The second-order valence-corrected chi connectivity index (χ2v) is 8.06. The number of rotatable bonds is 6. The Kier molecular flexibility index (Phi) is 6.67. The number of aromatic hydroxyl groups is 2. The van der Waals surface area contributed by atoms with E-state index in [9.17, 15) is 19.8 Å². The lowest BCUT2D eigenvalue weighted by atomic mass is 10.2. The fourth-order valence-electron chi connectivity index (χ4n) is 2.13. The van der Waals surface area contributed by atoms with Gasteiger partial charge in [0.15, 0.2) is 0 Å². The van der Waals surface area contributed by atoms with E-state index >= 15 is 0 Å². The van der Waals surface area contributed by atoms with Crippen LogP contribution in [0.3, 0.4) is 0 Å². The van der Waals surface area contributed by atoms with Gasteiger partial charge in [0.05, 0.1) is 11.1 Å². The van der Waals surface area contributed by atoms with Crippen molar-refractivity contribution in [1.82, 2.24) is 0 Å². The molecule has 28 heavy (non-hydrogen) atoms. The summed E-state index contributed by atoms with van der Waals surface area (Å²) in [5.41, 5.74) is 0.730. The molecule has 2 aromatic rings. The zero-order valence-corrected chi connectivity index (χ0v) is 16.2. The SMILES string of the molecule is O=C(OCC1=CC=C(COC(=O)c2ccc(O)cc2)SS1)c1ccc(O)cc1. The number of ether oxygens (including phenoxy) is 2. The van der Waals surface area contributed by atoms with Crippen LogP contribution < -0.4 is 0 Å². The van der Waals surface area contributed by atoms with Crippen LogP contribution in [0.25, 0.3) is 0 Å². The number of hydrogen-bond acceptors (Lipinski definition) is 8. The summed E-state index contributed by atoms with van der Waals surface area (Å²) in [6.07, 6.45) is 3.63. The molecule has 8 heteroatoms. The van der Waals surface area contributed by atoms with Crippen molar-refractivity contribution in [2.24, 2.45) is 0 Å². The fourth-order valence-corrected chi connectivity index (χ4v) is 4.07. The molecular formula is C20H16O6S2. The van der Waals surface area contributed by atoms with Crippen molar-refractivity contribution in [2.75, 3.05) is 13.2 Å². The monoisotopic (exact) mass is 416 g/mol. The molecule has 1 aliphatic rings. The van der Waals surface area contributed by atoms with Gasteiger partial charge in [0.2, 0.25) is 0 Å². The molecule has 144 valence electrons. The van der Waals surface area contributed by atoms with Crippen LogP contribution in [0.2, 0.25) is 0 Å². The van der Waals surface area contributed by atoms with Gasteiger partial charge < -0.3 is 19.7 Å². The van der Waals surface area contributed by atoms with E-state index in [1.165, 1.54) is 70.1 Å². The second kappa shape index (κ2) is 9.38. The summed E-state index contributed by atoms with van der Waals surface area (Å²) >= 11 is 0. The Morgan fingerprint density at radius 2 is 1.04 bits per heavy atom. The maximum atomic E-state index is 12.0. The third-order valence-electron chi connectivity index (χ3n) is 3.61. The first kappa shape index (κ1) is 19.9. The van der Waals surface area contributed by atoms with Gasteiger partial charge in [0.25, 0.3) is 0 Å². The lowest BCUT2D eigenvalue weighted by molar-refractivity contribution is 0.0536. The lowest BCUT2D eigenvalue weighted by Crippen LogP contribution is -2.08. The highest BCUT2D eigenvalue weighted by Crippen LogP contribution is 2.40. The summed E-state index contributed by atoms with van der Waals surface area (Å²) in [6, 6.07) is 11.7. The predicted octanol–water partition coefficient (Wildman–Crippen LogP) is 4.27. The van der Waals surface area contributed by atoms with Crippen LogP contribution in [0.4, 0.5) is 0 Å². The number of allylic oxidation sites excluding steroid dienone is 2. The van der Waals surface area contributed by atoms with Gasteiger partial charge in [-0.15, -0.1) is 0 Å². The van der Waals surface area contributed by atoms with Crippen molar-refractivity contribution in [3.8, 4) is 11.5 Å². The first-order valence-corrected chi connectivity index (χ1v) is 10.3. The predicted molar refractivity (Wildman–Crippen MR) is 108 cm³/mol. The highest BCUT2D eigenvalue weighted by Gasteiger charge is 2.14. The van der Waals surface area contributed by atoms with Crippen molar-refractivity contribution in [2.45, 2.75) is 0 Å². The van der Waals surface area contributed by atoms with E-state index in [-0.39, 0.29) is 24.7 Å². The number of benzene rings is 2. The van der Waals surface area contributed by atoms with E-state index in [1.807, 2.05) is 12.2 Å². The second-order valence-electron chi connectivity index (χ2n) is 5.68. The van der Waals surface area contributed by atoms with E-state index < -0.39 is 11.9 Å². The molecule has 6 nitrogen and oxygen atoms in total.